The summed E-state index contributed by atoms with van der Waals surface area (Å²) >= 11 is 12.7. The molecular weight excluding hydrogens is 582 g/mol. The van der Waals surface area contributed by atoms with Crippen LogP contribution in [-0.2, 0) is 16.0 Å². The molecule has 2 N–H and O–H groups in total. The van der Waals surface area contributed by atoms with Crippen molar-refractivity contribution in [3.05, 3.63) is 99.9 Å². The van der Waals surface area contributed by atoms with Crippen LogP contribution >= 0.6 is 23.2 Å². The molecule has 1 atom stereocenters. The van der Waals surface area contributed by atoms with Crippen molar-refractivity contribution >= 4 is 51.2 Å². The number of pyridine rings is 2. The van der Waals surface area contributed by atoms with E-state index in [0.29, 0.717) is 65.0 Å². The highest BCUT2D eigenvalue weighted by Gasteiger charge is 2.20. The van der Waals surface area contributed by atoms with Crippen molar-refractivity contribution in [2.45, 2.75) is 12.6 Å². The number of anilines is 3. The third kappa shape index (κ3) is 6.75. The first-order chi connectivity index (χ1) is 20.5. The summed E-state index contributed by atoms with van der Waals surface area (Å²) in [5, 5.41) is 26.1. The predicted molar refractivity (Wildman–Crippen MR) is 159 cm³/mol. The zero-order chi connectivity index (χ0) is 29.5. The van der Waals surface area contributed by atoms with Crippen LogP contribution in [0.3, 0.4) is 0 Å². The van der Waals surface area contributed by atoms with Crippen molar-refractivity contribution in [2.24, 2.45) is 0 Å². The maximum atomic E-state index is 13.8. The largest absolute Gasteiger partial charge is 0.382 e. The fourth-order valence-electron chi connectivity index (χ4n) is 4.28. The topological polar surface area (TPSA) is 123 Å². The van der Waals surface area contributed by atoms with Crippen molar-refractivity contribution in [2.75, 3.05) is 37.6 Å². The van der Waals surface area contributed by atoms with Crippen molar-refractivity contribution < 1.29 is 13.9 Å². The molecule has 214 valence electrons. The average molecular weight is 607 g/mol. The number of ether oxygens (including phenoxy) is 2. The minimum absolute atomic E-state index is 0.0499. The first-order valence-corrected chi connectivity index (χ1v) is 13.6. The zero-order valence-electron chi connectivity index (χ0n) is 22.4. The molecule has 10 nitrogen and oxygen atoms in total. The summed E-state index contributed by atoms with van der Waals surface area (Å²) < 4.78 is 26.0. The fraction of sp³-hybridized carbons (Fsp3) is 0.207. The molecule has 1 unspecified atom stereocenters. The van der Waals surface area contributed by atoms with E-state index in [9.17, 15) is 9.65 Å². The Morgan fingerprint density at radius 2 is 1.93 bits per heavy atom. The summed E-state index contributed by atoms with van der Waals surface area (Å²) in [5.41, 5.74) is 3.84. The van der Waals surface area contributed by atoms with Crippen LogP contribution in [0.25, 0.3) is 10.9 Å². The Kier molecular flexibility index (Phi) is 9.41. The Morgan fingerprint density at radius 1 is 1.07 bits per heavy atom. The highest BCUT2D eigenvalue weighted by atomic mass is 35.5. The molecule has 0 aliphatic rings. The summed E-state index contributed by atoms with van der Waals surface area (Å²) in [6.07, 6.45) is 6.71. The summed E-state index contributed by atoms with van der Waals surface area (Å²) in [7, 11) is 1.62. The van der Waals surface area contributed by atoms with Crippen LogP contribution in [0, 0.1) is 17.1 Å². The van der Waals surface area contributed by atoms with E-state index in [1.165, 1.54) is 24.4 Å². The standard InChI is InChI=1S/C29H25Cl2FN8O2/c1-41-9-10-42-8-7-40-17-26(38-39-40)28(18-3-2-6-34-15-18)37-21-11-22-27(36-20-4-5-25(32)23(30)12-20)19(14-33)16-35-29(22)24(31)13-21/h2-6,11-13,15-17,28,37H,7-10H2,1H3,(H,35,36). The lowest BCUT2D eigenvalue weighted by Crippen LogP contribution is -2.13. The van der Waals surface area contributed by atoms with E-state index in [4.69, 9.17) is 32.7 Å². The highest BCUT2D eigenvalue weighted by Crippen LogP contribution is 2.37. The van der Waals surface area contributed by atoms with Gasteiger partial charge in [-0.25, -0.2) is 9.07 Å². The Labute approximate surface area is 251 Å². The van der Waals surface area contributed by atoms with E-state index >= 15 is 0 Å². The number of methoxy groups -OCH3 is 1. The van der Waals surface area contributed by atoms with Crippen molar-refractivity contribution in [3.8, 4) is 6.07 Å². The molecule has 0 fully saturated rings. The normalized spacial score (nSPS) is 11.8. The van der Waals surface area contributed by atoms with Gasteiger partial charge >= 0.3 is 0 Å². The second-order valence-electron chi connectivity index (χ2n) is 9.14. The van der Waals surface area contributed by atoms with E-state index in [2.05, 4.69) is 37.0 Å². The molecule has 3 heterocycles. The lowest BCUT2D eigenvalue weighted by Gasteiger charge is -2.19. The van der Waals surface area contributed by atoms with E-state index in [1.807, 2.05) is 24.4 Å². The van der Waals surface area contributed by atoms with Gasteiger partial charge in [-0.1, -0.05) is 34.5 Å². The minimum atomic E-state index is -0.547. The third-order valence-electron chi connectivity index (χ3n) is 6.31. The van der Waals surface area contributed by atoms with Gasteiger partial charge in [-0.05, 0) is 42.0 Å². The van der Waals surface area contributed by atoms with Crippen LogP contribution in [0.1, 0.15) is 22.9 Å². The Hall–Kier alpha value is -4.34. The van der Waals surface area contributed by atoms with Crippen LogP contribution in [0.15, 0.2) is 67.3 Å². The number of halogens is 3. The van der Waals surface area contributed by atoms with Crippen molar-refractivity contribution in [1.29, 1.82) is 5.26 Å². The maximum absolute atomic E-state index is 13.8. The van der Waals surface area contributed by atoms with E-state index in [0.717, 1.165) is 5.56 Å². The summed E-state index contributed by atoms with van der Waals surface area (Å²) in [4.78, 5) is 8.68. The van der Waals surface area contributed by atoms with Crippen LogP contribution in [0.4, 0.5) is 21.5 Å². The molecule has 5 aromatic rings. The fourth-order valence-corrected chi connectivity index (χ4v) is 4.73. The molecule has 0 bridgehead atoms. The molecule has 0 aliphatic heterocycles. The second kappa shape index (κ2) is 13.5. The van der Waals surface area contributed by atoms with Crippen LogP contribution in [0.2, 0.25) is 10.0 Å². The van der Waals surface area contributed by atoms with Gasteiger partial charge in [0.2, 0.25) is 0 Å². The molecule has 0 spiro atoms. The number of nitrogens with one attached hydrogen (secondary N) is 2. The number of rotatable bonds is 12. The van der Waals surface area contributed by atoms with Gasteiger partial charge in [-0.15, -0.1) is 5.10 Å². The van der Waals surface area contributed by atoms with Crippen LogP contribution in [-0.4, -0.2) is 51.9 Å². The van der Waals surface area contributed by atoms with Gasteiger partial charge in [0.25, 0.3) is 0 Å². The number of fused-ring (bicyclic) bond motifs is 1. The monoisotopic (exact) mass is 606 g/mol. The lowest BCUT2D eigenvalue weighted by molar-refractivity contribution is 0.0652. The van der Waals surface area contributed by atoms with E-state index < -0.39 is 11.9 Å². The van der Waals surface area contributed by atoms with Crippen molar-refractivity contribution in [3.63, 3.8) is 0 Å². The number of benzene rings is 2. The van der Waals surface area contributed by atoms with Gasteiger partial charge in [0.1, 0.15) is 17.6 Å². The third-order valence-corrected chi connectivity index (χ3v) is 6.89. The highest BCUT2D eigenvalue weighted by molar-refractivity contribution is 6.36. The first kappa shape index (κ1) is 29.2. The lowest BCUT2D eigenvalue weighted by atomic mass is 10.0. The molecule has 0 amide bonds. The minimum Gasteiger partial charge on any atom is -0.382 e. The Morgan fingerprint density at radius 3 is 2.69 bits per heavy atom. The van der Waals surface area contributed by atoms with Gasteiger partial charge in [0, 0.05) is 42.5 Å². The molecule has 2 aromatic carbocycles. The number of nitrogens with zero attached hydrogens (tertiary/aromatic N) is 6. The number of nitriles is 1. The smallest absolute Gasteiger partial charge is 0.141 e. The predicted octanol–water partition coefficient (Wildman–Crippen LogP) is 6.15. The van der Waals surface area contributed by atoms with Gasteiger partial charge < -0.3 is 20.1 Å². The summed E-state index contributed by atoms with van der Waals surface area (Å²) in [5.74, 6) is -0.547. The van der Waals surface area contributed by atoms with Gasteiger partial charge in [0.05, 0.1) is 65.4 Å². The molecule has 0 radical (unpaired) electrons. The number of hydrogen-bond donors (Lipinski definition) is 2. The Bertz CT molecular complexity index is 1730. The van der Waals surface area contributed by atoms with Gasteiger partial charge in [0.15, 0.2) is 0 Å². The average Bonchev–Trinajstić information content (AvgIpc) is 3.47. The molecule has 0 saturated carbocycles. The first-order valence-electron chi connectivity index (χ1n) is 12.8. The number of hydrogen-bond acceptors (Lipinski definition) is 9. The molecule has 0 aliphatic carbocycles. The quantitative estimate of drug-likeness (QED) is 0.161. The molecule has 3 aromatic heterocycles. The molecule has 42 heavy (non-hydrogen) atoms. The zero-order valence-corrected chi connectivity index (χ0v) is 23.9. The molecule has 0 saturated heterocycles. The molecular formula is C29H25Cl2FN8O2. The van der Waals surface area contributed by atoms with E-state index in [1.54, 1.807) is 30.3 Å². The number of aromatic nitrogens is 5. The molecule has 5 rings (SSSR count). The van der Waals surface area contributed by atoms with Crippen molar-refractivity contribution in [1.82, 2.24) is 25.0 Å². The van der Waals surface area contributed by atoms with Crippen LogP contribution in [0.5, 0.6) is 0 Å². The maximum Gasteiger partial charge on any atom is 0.141 e. The van der Waals surface area contributed by atoms with E-state index in [-0.39, 0.29) is 10.6 Å². The molecule has 13 heteroatoms. The van der Waals surface area contributed by atoms with Gasteiger partial charge in [-0.3, -0.25) is 9.97 Å². The SMILES string of the molecule is COCCOCCn1cc(C(Nc2cc(Cl)c3ncc(C#N)c(Nc4ccc(F)c(Cl)c4)c3c2)c2cccnc2)nn1. The Balaban J connectivity index is 1.49. The summed E-state index contributed by atoms with van der Waals surface area (Å²) in [6, 6.07) is 13.3. The van der Waals surface area contributed by atoms with Gasteiger partial charge in [-0.2, -0.15) is 5.26 Å². The summed E-state index contributed by atoms with van der Waals surface area (Å²) in [6.45, 7) is 1.99. The second-order valence-corrected chi connectivity index (χ2v) is 9.96. The van der Waals surface area contributed by atoms with Crippen LogP contribution < -0.4 is 10.6 Å².